The molecule has 0 bridgehead atoms. The Kier molecular flexibility index (Phi) is 9.67. The second-order valence-corrected chi connectivity index (χ2v) is 12.9. The van der Waals surface area contributed by atoms with Gasteiger partial charge in [-0.2, -0.15) is 0 Å². The Morgan fingerprint density at radius 2 is 1.55 bits per heavy atom. The van der Waals surface area contributed by atoms with Gasteiger partial charge in [0.15, 0.2) is 0 Å². The number of rotatable bonds is 9. The van der Waals surface area contributed by atoms with Crippen LogP contribution in [0.3, 0.4) is 0 Å². The Bertz CT molecular complexity index is 2000. The van der Waals surface area contributed by atoms with Gasteiger partial charge in [-0.25, -0.2) is 0 Å². The minimum Gasteiger partial charge on any atom is -0.508 e. The van der Waals surface area contributed by atoms with Gasteiger partial charge in [0.05, 0.1) is 12.0 Å². The lowest BCUT2D eigenvalue weighted by molar-refractivity contribution is -0.120. The summed E-state index contributed by atoms with van der Waals surface area (Å²) >= 11 is 0. The summed E-state index contributed by atoms with van der Waals surface area (Å²) in [6.45, 7) is 4.96. The van der Waals surface area contributed by atoms with E-state index in [2.05, 4.69) is 24.4 Å². The summed E-state index contributed by atoms with van der Waals surface area (Å²) < 4.78 is 1.96. The number of amides is 3. The van der Waals surface area contributed by atoms with E-state index < -0.39 is 0 Å². The molecule has 0 saturated carbocycles. The van der Waals surface area contributed by atoms with Gasteiger partial charge in [-0.3, -0.25) is 14.4 Å². The lowest BCUT2D eigenvalue weighted by Crippen LogP contribution is -2.42. The molecule has 0 aliphatic carbocycles. The van der Waals surface area contributed by atoms with Crippen LogP contribution in [0.2, 0.25) is 0 Å². The number of fused-ring (bicyclic) bond motifs is 1. The average molecular weight is 655 g/mol. The van der Waals surface area contributed by atoms with Gasteiger partial charge in [-0.15, -0.1) is 0 Å². The van der Waals surface area contributed by atoms with Crippen LogP contribution in [0, 0.1) is 6.92 Å². The topological polar surface area (TPSA) is 94.9 Å². The highest BCUT2D eigenvalue weighted by Crippen LogP contribution is 2.33. The van der Waals surface area contributed by atoms with E-state index >= 15 is 0 Å². The third-order valence-corrected chi connectivity index (χ3v) is 9.61. The first-order chi connectivity index (χ1) is 23.6. The number of hydrogen-bond acceptors (Lipinski definition) is 4. The highest BCUT2D eigenvalue weighted by Gasteiger charge is 2.30. The number of phenols is 1. The third kappa shape index (κ3) is 7.14. The van der Waals surface area contributed by atoms with Crippen LogP contribution >= 0.6 is 0 Å². The molecule has 0 fully saturated rings. The second kappa shape index (κ2) is 14.2. The zero-order chi connectivity index (χ0) is 34.7. The number of aromatic hydroxyl groups is 1. The van der Waals surface area contributed by atoms with Gasteiger partial charge < -0.3 is 24.8 Å². The molecule has 1 atom stereocenters. The summed E-state index contributed by atoms with van der Waals surface area (Å²) in [5.74, 6) is -0.178. The maximum atomic E-state index is 14.4. The van der Waals surface area contributed by atoms with Crippen molar-refractivity contribution in [3.8, 4) is 17.0 Å². The van der Waals surface area contributed by atoms with Gasteiger partial charge >= 0.3 is 0 Å². The highest BCUT2D eigenvalue weighted by atomic mass is 16.3. The molecule has 6 rings (SSSR count). The van der Waals surface area contributed by atoms with Crippen molar-refractivity contribution in [1.29, 1.82) is 0 Å². The molecule has 250 valence electrons. The van der Waals surface area contributed by atoms with Crippen molar-refractivity contribution in [1.82, 2.24) is 14.8 Å². The predicted molar refractivity (Wildman–Crippen MR) is 193 cm³/mol. The Hall–Kier alpha value is -5.63. The number of nitrogens with one attached hydrogen (secondary N) is 1. The van der Waals surface area contributed by atoms with Gasteiger partial charge in [0, 0.05) is 61.4 Å². The van der Waals surface area contributed by atoms with Gasteiger partial charge in [0.2, 0.25) is 5.91 Å². The first kappa shape index (κ1) is 33.3. The van der Waals surface area contributed by atoms with E-state index in [0.717, 1.165) is 40.1 Å². The fourth-order valence-electron chi connectivity index (χ4n) is 6.59. The maximum absolute atomic E-state index is 14.4. The van der Waals surface area contributed by atoms with E-state index in [1.807, 2.05) is 90.2 Å². The van der Waals surface area contributed by atoms with Crippen molar-refractivity contribution in [3.05, 3.63) is 142 Å². The summed E-state index contributed by atoms with van der Waals surface area (Å²) in [5.41, 5.74) is 8.34. The second-order valence-electron chi connectivity index (χ2n) is 12.9. The maximum Gasteiger partial charge on any atom is 0.259 e. The van der Waals surface area contributed by atoms with Crippen LogP contribution in [0.5, 0.6) is 5.75 Å². The SMILES string of the molecule is Cc1c(C(=O)N(C)c2ccc(O)cc2)cc(-c2cc(CCNC(=O)Cc3ccccc3)ccc2C(=O)N2Cc3ccccc3C[C@H]2C)n1C. The van der Waals surface area contributed by atoms with Crippen molar-refractivity contribution < 1.29 is 19.5 Å². The molecule has 1 aliphatic rings. The molecule has 2 heterocycles. The van der Waals surface area contributed by atoms with Crippen LogP contribution in [0.15, 0.2) is 103 Å². The molecule has 1 aromatic heterocycles. The van der Waals surface area contributed by atoms with Crippen LogP contribution < -0.4 is 10.2 Å². The molecular weight excluding hydrogens is 612 g/mol. The van der Waals surface area contributed by atoms with Crippen LogP contribution in [-0.4, -0.2) is 51.9 Å². The van der Waals surface area contributed by atoms with Crippen LogP contribution in [0.25, 0.3) is 11.3 Å². The fraction of sp³-hybridized carbons (Fsp3) is 0.244. The lowest BCUT2D eigenvalue weighted by atomic mass is 9.92. The quantitative estimate of drug-likeness (QED) is 0.191. The van der Waals surface area contributed by atoms with E-state index in [0.29, 0.717) is 42.7 Å². The number of aromatic nitrogens is 1. The molecular formula is C41H42N4O4. The Morgan fingerprint density at radius 3 is 2.29 bits per heavy atom. The third-order valence-electron chi connectivity index (χ3n) is 9.61. The Morgan fingerprint density at radius 1 is 0.857 bits per heavy atom. The van der Waals surface area contributed by atoms with Crippen molar-refractivity contribution in [2.24, 2.45) is 7.05 Å². The van der Waals surface area contributed by atoms with E-state index in [9.17, 15) is 19.5 Å². The molecule has 0 saturated heterocycles. The number of phenolic OH excluding ortho intramolecular Hbond substituents is 1. The van der Waals surface area contributed by atoms with E-state index in [1.54, 1.807) is 36.2 Å². The zero-order valence-electron chi connectivity index (χ0n) is 28.4. The normalized spacial score (nSPS) is 13.9. The number of benzene rings is 4. The lowest BCUT2D eigenvalue weighted by Gasteiger charge is -2.35. The fourth-order valence-corrected chi connectivity index (χ4v) is 6.59. The molecule has 8 heteroatoms. The molecule has 49 heavy (non-hydrogen) atoms. The minimum absolute atomic E-state index is 0.0148. The molecule has 5 aromatic rings. The zero-order valence-corrected chi connectivity index (χ0v) is 28.4. The number of hydrogen-bond donors (Lipinski definition) is 2. The number of nitrogens with zero attached hydrogens (tertiary/aromatic N) is 3. The molecule has 0 radical (unpaired) electrons. The first-order valence-electron chi connectivity index (χ1n) is 16.7. The van der Waals surface area contributed by atoms with Crippen molar-refractivity contribution in [3.63, 3.8) is 0 Å². The van der Waals surface area contributed by atoms with Crippen LogP contribution in [0.4, 0.5) is 5.69 Å². The molecule has 8 nitrogen and oxygen atoms in total. The predicted octanol–water partition coefficient (Wildman–Crippen LogP) is 6.47. The van der Waals surface area contributed by atoms with E-state index in [-0.39, 0.29) is 29.5 Å². The van der Waals surface area contributed by atoms with Crippen LogP contribution in [0.1, 0.15) is 55.6 Å². The minimum atomic E-state index is -0.198. The molecule has 3 amide bonds. The monoisotopic (exact) mass is 654 g/mol. The average Bonchev–Trinajstić information content (AvgIpc) is 3.40. The van der Waals surface area contributed by atoms with Gasteiger partial charge in [0.25, 0.3) is 11.8 Å². The molecule has 1 aliphatic heterocycles. The largest absolute Gasteiger partial charge is 0.508 e. The summed E-state index contributed by atoms with van der Waals surface area (Å²) in [4.78, 5) is 44.4. The number of carbonyl (C=O) groups excluding carboxylic acids is 3. The van der Waals surface area contributed by atoms with Gasteiger partial charge in [-0.1, -0.05) is 60.7 Å². The summed E-state index contributed by atoms with van der Waals surface area (Å²) in [5, 5.41) is 12.8. The molecule has 0 spiro atoms. The van der Waals surface area contributed by atoms with Crippen molar-refractivity contribution in [2.75, 3.05) is 18.5 Å². The summed E-state index contributed by atoms with van der Waals surface area (Å²) in [7, 11) is 3.62. The standard InChI is InChI=1S/C41H42N4O4/c1-27-22-31-12-8-9-13-32(31)26-45(27)41(49)35-19-14-30(20-21-42-39(47)24-29-10-6-5-7-11-29)23-37(35)38-25-36(28(2)43(38)3)40(48)44(4)33-15-17-34(46)18-16-33/h5-19,23,25,27,46H,20-22,24,26H2,1-4H3,(H,42,47)/t27-/m1/s1. The molecule has 0 unspecified atom stereocenters. The van der Waals surface area contributed by atoms with Crippen LogP contribution in [-0.2, 0) is 37.6 Å². The highest BCUT2D eigenvalue weighted by molar-refractivity contribution is 6.08. The van der Waals surface area contributed by atoms with Gasteiger partial charge in [0.1, 0.15) is 5.75 Å². The van der Waals surface area contributed by atoms with E-state index in [1.165, 1.54) is 5.56 Å². The molecule has 4 aromatic carbocycles. The van der Waals surface area contributed by atoms with Crippen molar-refractivity contribution in [2.45, 2.75) is 45.7 Å². The van der Waals surface area contributed by atoms with E-state index in [4.69, 9.17) is 0 Å². The summed E-state index contributed by atoms with van der Waals surface area (Å²) in [6.07, 6.45) is 1.67. The van der Waals surface area contributed by atoms with Crippen molar-refractivity contribution >= 4 is 23.4 Å². The smallest absolute Gasteiger partial charge is 0.259 e. The molecule has 2 N–H and O–H groups in total. The Labute approximate surface area is 287 Å². The summed E-state index contributed by atoms with van der Waals surface area (Å²) in [6, 6.07) is 32.2. The first-order valence-corrected chi connectivity index (χ1v) is 16.7. The number of carbonyl (C=O) groups is 3. The number of anilines is 1. The Balaban J connectivity index is 1.32. The van der Waals surface area contributed by atoms with Gasteiger partial charge in [-0.05, 0) is 91.4 Å².